The van der Waals surface area contributed by atoms with Gasteiger partial charge in [-0.15, -0.1) is 0 Å². The van der Waals surface area contributed by atoms with Gasteiger partial charge in [-0.3, -0.25) is 4.90 Å². The molecule has 1 N–H and O–H groups in total. The predicted octanol–water partition coefficient (Wildman–Crippen LogP) is 2.17. The third-order valence-corrected chi connectivity index (χ3v) is 4.10. The van der Waals surface area contributed by atoms with E-state index >= 15 is 0 Å². The third kappa shape index (κ3) is 2.79. The van der Waals surface area contributed by atoms with E-state index in [1.54, 1.807) is 0 Å². The second-order valence-corrected chi connectivity index (χ2v) is 5.94. The van der Waals surface area contributed by atoms with E-state index in [-0.39, 0.29) is 12.1 Å². The van der Waals surface area contributed by atoms with Gasteiger partial charge < -0.3 is 14.5 Å². The van der Waals surface area contributed by atoms with Crippen molar-refractivity contribution in [2.24, 2.45) is 0 Å². The molecule has 1 saturated heterocycles. The molecule has 18 heavy (non-hydrogen) atoms. The van der Waals surface area contributed by atoms with Crippen molar-refractivity contribution in [3.63, 3.8) is 0 Å². The molecule has 0 aromatic carbocycles. The first kappa shape index (κ1) is 12.7. The van der Waals surface area contributed by atoms with Gasteiger partial charge in [0, 0.05) is 19.1 Å². The number of ether oxygens (including phenoxy) is 1. The van der Waals surface area contributed by atoms with Gasteiger partial charge in [0.25, 0.3) is 0 Å². The standard InChI is InChI=1S/C13H19BrN2O2/c1-16-6-7-17-11(8-15-9-2-3-9)13(16)10-4-5-12(14)18-10/h4-5,9,11,13,15H,2-3,6-8H2,1H3. The maximum absolute atomic E-state index is 5.92. The molecule has 0 bridgehead atoms. The molecule has 2 heterocycles. The Morgan fingerprint density at radius 3 is 2.94 bits per heavy atom. The molecule has 2 aliphatic rings. The molecule has 0 amide bonds. The van der Waals surface area contributed by atoms with Crippen LogP contribution in [-0.4, -0.2) is 43.8 Å². The molecule has 5 heteroatoms. The Kier molecular flexibility index (Phi) is 3.75. The van der Waals surface area contributed by atoms with Crippen LogP contribution in [0.3, 0.4) is 0 Å². The smallest absolute Gasteiger partial charge is 0.169 e. The summed E-state index contributed by atoms with van der Waals surface area (Å²) in [5.74, 6) is 0.978. The summed E-state index contributed by atoms with van der Waals surface area (Å²) >= 11 is 3.37. The van der Waals surface area contributed by atoms with E-state index in [0.29, 0.717) is 6.04 Å². The Balaban J connectivity index is 1.71. The number of hydrogen-bond donors (Lipinski definition) is 1. The molecule has 0 radical (unpaired) electrons. The molecule has 2 fully saturated rings. The number of likely N-dealkylation sites (N-methyl/N-ethyl adjacent to an activating group) is 1. The molecule has 1 saturated carbocycles. The van der Waals surface area contributed by atoms with Crippen LogP contribution < -0.4 is 5.32 Å². The van der Waals surface area contributed by atoms with Crippen molar-refractivity contribution < 1.29 is 9.15 Å². The van der Waals surface area contributed by atoms with Crippen molar-refractivity contribution in [2.45, 2.75) is 31.0 Å². The topological polar surface area (TPSA) is 37.6 Å². The van der Waals surface area contributed by atoms with Crippen LogP contribution in [0.25, 0.3) is 0 Å². The van der Waals surface area contributed by atoms with Gasteiger partial charge in [-0.05, 0) is 48.0 Å². The fourth-order valence-corrected chi connectivity index (χ4v) is 2.81. The highest BCUT2D eigenvalue weighted by molar-refractivity contribution is 9.10. The molecule has 0 spiro atoms. The van der Waals surface area contributed by atoms with Crippen molar-refractivity contribution >= 4 is 15.9 Å². The number of halogens is 1. The lowest BCUT2D eigenvalue weighted by molar-refractivity contribution is -0.0679. The number of rotatable bonds is 4. The zero-order valence-corrected chi connectivity index (χ0v) is 12.1. The summed E-state index contributed by atoms with van der Waals surface area (Å²) in [6, 6.07) is 4.90. The van der Waals surface area contributed by atoms with E-state index in [1.165, 1.54) is 12.8 Å². The van der Waals surface area contributed by atoms with E-state index in [0.717, 1.165) is 30.1 Å². The highest BCUT2D eigenvalue weighted by Gasteiger charge is 2.34. The average Bonchev–Trinajstić information content (AvgIpc) is 3.09. The van der Waals surface area contributed by atoms with Gasteiger partial charge >= 0.3 is 0 Å². The molecule has 1 aliphatic heterocycles. The van der Waals surface area contributed by atoms with Gasteiger partial charge in [0.1, 0.15) is 5.76 Å². The second kappa shape index (κ2) is 5.33. The van der Waals surface area contributed by atoms with Crippen molar-refractivity contribution in [3.05, 3.63) is 22.6 Å². The Hall–Kier alpha value is -0.360. The summed E-state index contributed by atoms with van der Waals surface area (Å²) in [7, 11) is 2.13. The highest BCUT2D eigenvalue weighted by atomic mass is 79.9. The van der Waals surface area contributed by atoms with Crippen LogP contribution in [-0.2, 0) is 4.74 Å². The Morgan fingerprint density at radius 1 is 1.44 bits per heavy atom. The zero-order valence-electron chi connectivity index (χ0n) is 10.6. The average molecular weight is 315 g/mol. The monoisotopic (exact) mass is 314 g/mol. The normalized spacial score (nSPS) is 29.7. The summed E-state index contributed by atoms with van der Waals surface area (Å²) in [4.78, 5) is 2.31. The van der Waals surface area contributed by atoms with Crippen molar-refractivity contribution in [1.29, 1.82) is 0 Å². The van der Waals surface area contributed by atoms with Gasteiger partial charge in [0.15, 0.2) is 4.67 Å². The Labute approximate surface area is 116 Å². The summed E-state index contributed by atoms with van der Waals surface area (Å²) in [5, 5.41) is 3.55. The molecule has 2 unspecified atom stereocenters. The quantitative estimate of drug-likeness (QED) is 0.924. The van der Waals surface area contributed by atoms with Gasteiger partial charge in [-0.2, -0.15) is 0 Å². The molecule has 1 aliphatic carbocycles. The maximum Gasteiger partial charge on any atom is 0.169 e. The van der Waals surface area contributed by atoms with E-state index in [1.807, 2.05) is 12.1 Å². The van der Waals surface area contributed by atoms with E-state index in [2.05, 4.69) is 33.2 Å². The lowest BCUT2D eigenvalue weighted by Crippen LogP contribution is -2.47. The van der Waals surface area contributed by atoms with Crippen LogP contribution in [0.15, 0.2) is 21.2 Å². The molecule has 1 aromatic rings. The Bertz CT molecular complexity index is 405. The lowest BCUT2D eigenvalue weighted by Gasteiger charge is -2.38. The number of nitrogens with zero attached hydrogens (tertiary/aromatic N) is 1. The minimum absolute atomic E-state index is 0.169. The molecule has 3 rings (SSSR count). The van der Waals surface area contributed by atoms with Gasteiger partial charge in [-0.1, -0.05) is 0 Å². The number of morpholine rings is 1. The summed E-state index contributed by atoms with van der Waals surface area (Å²) in [5.41, 5.74) is 0. The van der Waals surface area contributed by atoms with Crippen molar-refractivity contribution in [2.75, 3.05) is 26.7 Å². The van der Waals surface area contributed by atoms with Gasteiger partial charge in [0.2, 0.25) is 0 Å². The summed E-state index contributed by atoms with van der Waals surface area (Å²) in [6.07, 6.45) is 2.78. The Morgan fingerprint density at radius 2 is 2.28 bits per heavy atom. The minimum atomic E-state index is 0.169. The minimum Gasteiger partial charge on any atom is -0.453 e. The molecule has 4 nitrogen and oxygen atoms in total. The summed E-state index contributed by atoms with van der Waals surface area (Å²) < 4.78 is 12.4. The highest BCUT2D eigenvalue weighted by Crippen LogP contribution is 2.31. The van der Waals surface area contributed by atoms with Crippen LogP contribution in [0.1, 0.15) is 24.6 Å². The largest absolute Gasteiger partial charge is 0.453 e. The van der Waals surface area contributed by atoms with Crippen LogP contribution in [0, 0.1) is 0 Å². The predicted molar refractivity (Wildman–Crippen MR) is 72.5 cm³/mol. The van der Waals surface area contributed by atoms with E-state index in [9.17, 15) is 0 Å². The zero-order chi connectivity index (χ0) is 12.5. The number of furan rings is 1. The maximum atomic E-state index is 5.92. The molecular weight excluding hydrogens is 296 g/mol. The SMILES string of the molecule is CN1CCOC(CNC2CC2)C1c1ccc(Br)o1. The van der Waals surface area contributed by atoms with Gasteiger partial charge in [0.05, 0.1) is 18.8 Å². The van der Waals surface area contributed by atoms with Crippen LogP contribution in [0.2, 0.25) is 0 Å². The van der Waals surface area contributed by atoms with Crippen LogP contribution >= 0.6 is 15.9 Å². The van der Waals surface area contributed by atoms with Crippen LogP contribution in [0.5, 0.6) is 0 Å². The first-order valence-corrected chi connectivity index (χ1v) is 7.34. The van der Waals surface area contributed by atoms with E-state index in [4.69, 9.17) is 9.15 Å². The van der Waals surface area contributed by atoms with Crippen molar-refractivity contribution in [3.8, 4) is 0 Å². The van der Waals surface area contributed by atoms with Crippen molar-refractivity contribution in [1.82, 2.24) is 10.2 Å². The fraction of sp³-hybridized carbons (Fsp3) is 0.692. The van der Waals surface area contributed by atoms with Gasteiger partial charge in [-0.25, -0.2) is 0 Å². The second-order valence-electron chi connectivity index (χ2n) is 5.16. The van der Waals surface area contributed by atoms with Crippen LogP contribution in [0.4, 0.5) is 0 Å². The molecule has 1 aromatic heterocycles. The first-order valence-electron chi connectivity index (χ1n) is 6.54. The summed E-state index contributed by atoms with van der Waals surface area (Å²) in [6.45, 7) is 2.65. The first-order chi connectivity index (χ1) is 8.74. The molecular formula is C13H19BrN2O2. The number of hydrogen-bond acceptors (Lipinski definition) is 4. The third-order valence-electron chi connectivity index (χ3n) is 3.67. The lowest BCUT2D eigenvalue weighted by atomic mass is 10.0. The number of nitrogens with one attached hydrogen (secondary N) is 1. The fourth-order valence-electron chi connectivity index (χ4n) is 2.49. The molecule has 2 atom stereocenters. The molecule has 100 valence electrons. The van der Waals surface area contributed by atoms with E-state index < -0.39 is 0 Å².